The number of carbonyl (C=O) groups is 2. The molecule has 1 heterocycles. The number of amides is 1. The maximum absolute atomic E-state index is 12.5. The van der Waals surface area contributed by atoms with Gasteiger partial charge in [-0.2, -0.15) is 0 Å². The molecule has 1 aromatic rings. The zero-order chi connectivity index (χ0) is 14.9. The van der Waals surface area contributed by atoms with Gasteiger partial charge in [0.1, 0.15) is 11.8 Å². The van der Waals surface area contributed by atoms with Crippen molar-refractivity contribution in [3.8, 4) is 5.75 Å². The zero-order valence-electron chi connectivity index (χ0n) is 11.7. The van der Waals surface area contributed by atoms with Crippen LogP contribution in [0.3, 0.4) is 0 Å². The van der Waals surface area contributed by atoms with Crippen LogP contribution in [-0.4, -0.2) is 39.6 Å². The molecule has 1 aliphatic heterocycles. The molecule has 1 saturated heterocycles. The van der Waals surface area contributed by atoms with Crippen LogP contribution in [0, 0.1) is 5.41 Å². The smallest absolute Gasteiger partial charge is 0.326 e. The van der Waals surface area contributed by atoms with Crippen LogP contribution in [0.2, 0.25) is 0 Å². The Labute approximate surface area is 117 Å². The summed E-state index contributed by atoms with van der Waals surface area (Å²) in [6.07, 6.45) is 1.52. The molecule has 1 fully saturated rings. The molecule has 0 bridgehead atoms. The van der Waals surface area contributed by atoms with Gasteiger partial charge in [0.2, 0.25) is 0 Å². The van der Waals surface area contributed by atoms with Gasteiger partial charge >= 0.3 is 5.97 Å². The van der Waals surface area contributed by atoms with E-state index in [2.05, 4.69) is 0 Å². The molecular formula is C15H19NO4. The largest absolute Gasteiger partial charge is 0.507 e. The minimum atomic E-state index is -1.00. The maximum Gasteiger partial charge on any atom is 0.326 e. The molecule has 1 amide bonds. The van der Waals surface area contributed by atoms with Crippen molar-refractivity contribution in [2.24, 2.45) is 5.41 Å². The van der Waals surface area contributed by atoms with Crippen molar-refractivity contribution in [1.29, 1.82) is 0 Å². The number of benzene rings is 1. The van der Waals surface area contributed by atoms with E-state index in [4.69, 9.17) is 0 Å². The number of rotatable bonds is 2. The second kappa shape index (κ2) is 5.15. The summed E-state index contributed by atoms with van der Waals surface area (Å²) in [5.74, 6) is -1.55. The van der Waals surface area contributed by atoms with Gasteiger partial charge in [-0.3, -0.25) is 4.79 Å². The first-order valence-electron chi connectivity index (χ1n) is 6.66. The number of para-hydroxylation sites is 1. The number of hydrogen-bond acceptors (Lipinski definition) is 3. The van der Waals surface area contributed by atoms with Crippen LogP contribution in [0.25, 0.3) is 0 Å². The monoisotopic (exact) mass is 277 g/mol. The Morgan fingerprint density at radius 1 is 1.30 bits per heavy atom. The standard InChI is InChI=1S/C15H19NO4/c1-15(2)8-5-9-16(12(15)14(19)20)13(18)10-6-3-4-7-11(10)17/h3-4,6-7,12,17H,5,8-9H2,1-2H3,(H,19,20). The Balaban J connectivity index is 2.37. The fourth-order valence-electron chi connectivity index (χ4n) is 2.89. The van der Waals surface area contributed by atoms with Crippen molar-refractivity contribution in [2.45, 2.75) is 32.7 Å². The molecule has 1 aromatic carbocycles. The summed E-state index contributed by atoms with van der Waals surface area (Å²) in [4.78, 5) is 25.4. The van der Waals surface area contributed by atoms with Crippen LogP contribution in [0.15, 0.2) is 24.3 Å². The van der Waals surface area contributed by atoms with Crippen LogP contribution in [-0.2, 0) is 4.79 Å². The van der Waals surface area contributed by atoms with Crippen molar-refractivity contribution in [1.82, 2.24) is 4.90 Å². The number of hydrogen-bond donors (Lipinski definition) is 2. The topological polar surface area (TPSA) is 77.8 Å². The summed E-state index contributed by atoms with van der Waals surface area (Å²) in [5.41, 5.74) is -0.333. The van der Waals surface area contributed by atoms with Gasteiger partial charge in [0.15, 0.2) is 0 Å². The molecule has 0 spiro atoms. The number of carbonyl (C=O) groups excluding carboxylic acids is 1. The molecule has 1 aliphatic rings. The molecule has 0 aliphatic carbocycles. The van der Waals surface area contributed by atoms with Crippen LogP contribution in [0.5, 0.6) is 5.75 Å². The number of carboxylic acids is 1. The lowest BCUT2D eigenvalue weighted by Crippen LogP contribution is -2.56. The number of carboxylic acid groups (broad SMARTS) is 1. The van der Waals surface area contributed by atoms with Crippen molar-refractivity contribution in [3.05, 3.63) is 29.8 Å². The van der Waals surface area contributed by atoms with Crippen molar-refractivity contribution in [2.75, 3.05) is 6.54 Å². The third-order valence-electron chi connectivity index (χ3n) is 3.90. The fourth-order valence-corrected chi connectivity index (χ4v) is 2.89. The minimum absolute atomic E-state index is 0.120. The van der Waals surface area contributed by atoms with Crippen LogP contribution in [0.4, 0.5) is 0 Å². The summed E-state index contributed by atoms with van der Waals surface area (Å²) >= 11 is 0. The Bertz CT molecular complexity index is 538. The second-order valence-electron chi connectivity index (χ2n) is 5.85. The van der Waals surface area contributed by atoms with E-state index in [1.54, 1.807) is 12.1 Å². The number of nitrogens with zero attached hydrogens (tertiary/aromatic N) is 1. The van der Waals surface area contributed by atoms with E-state index < -0.39 is 23.3 Å². The molecule has 2 rings (SSSR count). The Morgan fingerprint density at radius 2 is 1.95 bits per heavy atom. The van der Waals surface area contributed by atoms with E-state index in [0.717, 1.165) is 12.8 Å². The van der Waals surface area contributed by atoms with Gasteiger partial charge in [-0.25, -0.2) is 4.79 Å². The molecular weight excluding hydrogens is 258 g/mol. The average molecular weight is 277 g/mol. The quantitative estimate of drug-likeness (QED) is 0.868. The first-order chi connectivity index (χ1) is 9.34. The summed E-state index contributed by atoms with van der Waals surface area (Å²) < 4.78 is 0. The Morgan fingerprint density at radius 3 is 2.55 bits per heavy atom. The lowest BCUT2D eigenvalue weighted by molar-refractivity contribution is -0.148. The van der Waals surface area contributed by atoms with Crippen LogP contribution < -0.4 is 0 Å². The number of phenols is 1. The average Bonchev–Trinajstić information content (AvgIpc) is 2.36. The number of likely N-dealkylation sites (tertiary alicyclic amines) is 1. The van der Waals surface area contributed by atoms with E-state index in [1.807, 2.05) is 13.8 Å². The molecule has 108 valence electrons. The lowest BCUT2D eigenvalue weighted by atomic mass is 9.76. The highest BCUT2D eigenvalue weighted by Gasteiger charge is 2.44. The van der Waals surface area contributed by atoms with E-state index in [9.17, 15) is 19.8 Å². The summed E-state index contributed by atoms with van der Waals surface area (Å²) in [6, 6.07) is 5.35. The number of piperidine rings is 1. The molecule has 1 unspecified atom stereocenters. The third kappa shape index (κ3) is 2.48. The third-order valence-corrected chi connectivity index (χ3v) is 3.90. The highest BCUT2D eigenvalue weighted by atomic mass is 16.4. The van der Waals surface area contributed by atoms with Gasteiger partial charge in [-0.1, -0.05) is 26.0 Å². The van der Waals surface area contributed by atoms with Gasteiger partial charge < -0.3 is 15.1 Å². The molecule has 0 radical (unpaired) electrons. The first kappa shape index (κ1) is 14.4. The Hall–Kier alpha value is -2.04. The van der Waals surface area contributed by atoms with E-state index in [0.29, 0.717) is 6.54 Å². The molecule has 0 aromatic heterocycles. The van der Waals surface area contributed by atoms with Gasteiger partial charge in [0.05, 0.1) is 5.56 Å². The molecule has 5 nitrogen and oxygen atoms in total. The summed E-state index contributed by atoms with van der Waals surface area (Å²) in [5, 5.41) is 19.2. The highest BCUT2D eigenvalue weighted by molar-refractivity contribution is 5.99. The summed E-state index contributed by atoms with van der Waals surface area (Å²) in [6.45, 7) is 4.11. The lowest BCUT2D eigenvalue weighted by Gasteiger charge is -2.44. The summed E-state index contributed by atoms with van der Waals surface area (Å²) in [7, 11) is 0. The van der Waals surface area contributed by atoms with E-state index in [-0.39, 0.29) is 11.3 Å². The van der Waals surface area contributed by atoms with Crippen molar-refractivity contribution >= 4 is 11.9 Å². The maximum atomic E-state index is 12.5. The molecule has 5 heteroatoms. The minimum Gasteiger partial charge on any atom is -0.507 e. The van der Waals surface area contributed by atoms with Crippen molar-refractivity contribution in [3.63, 3.8) is 0 Å². The number of aliphatic carboxylic acids is 1. The predicted octanol–water partition coefficient (Wildman–Crippen LogP) is 2.11. The normalized spacial score (nSPS) is 21.5. The van der Waals surface area contributed by atoms with Crippen LogP contribution >= 0.6 is 0 Å². The second-order valence-corrected chi connectivity index (χ2v) is 5.85. The number of phenolic OH excluding ortho intramolecular Hbond substituents is 1. The van der Waals surface area contributed by atoms with Gasteiger partial charge in [0, 0.05) is 6.54 Å². The Kier molecular flexibility index (Phi) is 3.70. The fraction of sp³-hybridized carbons (Fsp3) is 0.467. The molecule has 0 saturated carbocycles. The zero-order valence-corrected chi connectivity index (χ0v) is 11.7. The van der Waals surface area contributed by atoms with E-state index >= 15 is 0 Å². The molecule has 20 heavy (non-hydrogen) atoms. The molecule has 1 atom stereocenters. The molecule has 2 N–H and O–H groups in total. The first-order valence-corrected chi connectivity index (χ1v) is 6.66. The van der Waals surface area contributed by atoms with Gasteiger partial charge in [-0.15, -0.1) is 0 Å². The number of aromatic hydroxyl groups is 1. The van der Waals surface area contributed by atoms with Gasteiger partial charge in [0.25, 0.3) is 5.91 Å². The highest BCUT2D eigenvalue weighted by Crippen LogP contribution is 2.36. The van der Waals surface area contributed by atoms with Crippen LogP contribution in [0.1, 0.15) is 37.0 Å². The van der Waals surface area contributed by atoms with Crippen molar-refractivity contribution < 1.29 is 19.8 Å². The predicted molar refractivity (Wildman–Crippen MR) is 73.6 cm³/mol. The SMILES string of the molecule is CC1(C)CCCN(C(=O)c2ccccc2O)C1C(=O)O. The van der Waals surface area contributed by atoms with Gasteiger partial charge in [-0.05, 0) is 30.4 Å². The van der Waals surface area contributed by atoms with E-state index in [1.165, 1.54) is 17.0 Å².